The fraction of sp³-hybridized carbons (Fsp3) is 0.0588. The zero-order valence-corrected chi connectivity index (χ0v) is 15.4. The first-order chi connectivity index (χ1) is 13.1. The molecule has 138 valence electrons. The molecule has 27 heavy (non-hydrogen) atoms. The number of hydrazone groups is 1. The van der Waals surface area contributed by atoms with E-state index in [2.05, 4.69) is 26.1 Å². The Labute approximate surface area is 163 Å². The number of anilines is 2. The van der Waals surface area contributed by atoms with Crippen LogP contribution in [0.3, 0.4) is 0 Å². The Kier molecular flexibility index (Phi) is 6.18. The number of para-hydroxylation sites is 1. The van der Waals surface area contributed by atoms with Gasteiger partial charge in [-0.2, -0.15) is 5.10 Å². The third kappa shape index (κ3) is 5.40. The second-order valence-electron chi connectivity index (χ2n) is 5.13. The number of carbonyl (C=O) groups excluding carboxylic acids is 2. The number of amides is 2. The summed E-state index contributed by atoms with van der Waals surface area (Å²) in [4.78, 5) is 28.1. The Bertz CT molecular complexity index is 941. The van der Waals surface area contributed by atoms with Gasteiger partial charge in [0.05, 0.1) is 23.9 Å². The molecule has 3 aromatic rings. The van der Waals surface area contributed by atoms with Crippen LogP contribution in [-0.4, -0.2) is 23.0 Å². The van der Waals surface area contributed by atoms with Gasteiger partial charge in [-0.05, 0) is 24.3 Å². The molecule has 0 bridgehead atoms. The highest BCUT2D eigenvalue weighted by Crippen LogP contribution is 2.27. The second-order valence-corrected chi connectivity index (χ2v) is 6.51. The van der Waals surface area contributed by atoms with Crippen LogP contribution in [0, 0.1) is 0 Å². The highest BCUT2D eigenvalue weighted by Gasteiger charge is 2.13. The molecule has 10 heteroatoms. The average molecular weight is 404 g/mol. The normalized spacial score (nSPS) is 10.7. The van der Waals surface area contributed by atoms with Crippen LogP contribution in [0.25, 0.3) is 0 Å². The summed E-state index contributed by atoms with van der Waals surface area (Å²) in [5.41, 5.74) is 3.00. The molecule has 0 saturated heterocycles. The molecule has 2 aromatic heterocycles. The zero-order valence-electron chi connectivity index (χ0n) is 13.8. The lowest BCUT2D eigenvalue weighted by Crippen LogP contribution is -2.37. The fourth-order valence-corrected chi connectivity index (χ4v) is 3.00. The van der Waals surface area contributed by atoms with Crippen LogP contribution >= 0.6 is 22.9 Å². The van der Waals surface area contributed by atoms with Crippen molar-refractivity contribution in [1.29, 1.82) is 0 Å². The van der Waals surface area contributed by atoms with E-state index in [4.69, 9.17) is 16.0 Å². The van der Waals surface area contributed by atoms with E-state index in [9.17, 15) is 9.59 Å². The number of halogens is 1. The Hall–Kier alpha value is -3.17. The van der Waals surface area contributed by atoms with E-state index in [1.54, 1.807) is 12.1 Å². The first kappa shape index (κ1) is 18.6. The Balaban J connectivity index is 1.51. The minimum absolute atomic E-state index is 0.109. The number of nitrogens with one attached hydrogen (secondary N) is 3. The summed E-state index contributed by atoms with van der Waals surface area (Å²) in [6.07, 6.45) is 2.81. The predicted octanol–water partition coefficient (Wildman–Crippen LogP) is 2.90. The van der Waals surface area contributed by atoms with E-state index in [-0.39, 0.29) is 11.7 Å². The van der Waals surface area contributed by atoms with E-state index in [1.165, 1.54) is 23.8 Å². The number of hydrogen-bond donors (Lipinski definition) is 3. The van der Waals surface area contributed by atoms with Crippen LogP contribution in [0.2, 0.25) is 5.15 Å². The molecule has 0 aliphatic heterocycles. The van der Waals surface area contributed by atoms with Crippen LogP contribution in [0.5, 0.6) is 0 Å². The molecule has 0 aliphatic carbocycles. The molecule has 0 spiro atoms. The molecule has 3 rings (SSSR count). The summed E-state index contributed by atoms with van der Waals surface area (Å²) in [5, 5.41) is 10.1. The quantitative estimate of drug-likeness (QED) is 0.333. The second kappa shape index (κ2) is 8.97. The number of nitrogens with zero attached hydrogens (tertiary/aromatic N) is 2. The van der Waals surface area contributed by atoms with Crippen molar-refractivity contribution in [3.63, 3.8) is 0 Å². The molecule has 0 aliphatic rings. The lowest BCUT2D eigenvalue weighted by molar-refractivity contribution is -0.139. The first-order valence-electron chi connectivity index (χ1n) is 7.74. The molecule has 0 fully saturated rings. The number of rotatable bonds is 6. The molecule has 3 N–H and O–H groups in total. The van der Waals surface area contributed by atoms with Gasteiger partial charge in [0, 0.05) is 5.69 Å². The standard InChI is InChI=1S/C17H14ClN5O3S/c18-14-13(27-17(22-14)21-11-5-2-1-3-6-11)10-20-23-16(25)15(24)19-9-12-7-4-8-26-12/h1-8,10H,9H2,(H,19,24)(H,21,22)(H,23,25)/b20-10+. The van der Waals surface area contributed by atoms with Crippen LogP contribution < -0.4 is 16.1 Å². The SMILES string of the molecule is O=C(NCc1ccco1)C(=O)N/N=C/c1sc(Nc2ccccc2)nc1Cl. The molecule has 0 radical (unpaired) electrons. The number of carbonyl (C=O) groups is 2. The van der Waals surface area contributed by atoms with Gasteiger partial charge in [-0.3, -0.25) is 9.59 Å². The van der Waals surface area contributed by atoms with Gasteiger partial charge in [-0.15, -0.1) is 0 Å². The van der Waals surface area contributed by atoms with Crippen molar-refractivity contribution in [2.75, 3.05) is 5.32 Å². The summed E-state index contributed by atoms with van der Waals surface area (Å²) in [6.45, 7) is 0.109. The van der Waals surface area contributed by atoms with Crippen LogP contribution in [0.1, 0.15) is 10.6 Å². The van der Waals surface area contributed by atoms with E-state index in [1.807, 2.05) is 30.3 Å². The minimum atomic E-state index is -0.902. The van der Waals surface area contributed by atoms with Crippen molar-refractivity contribution in [2.45, 2.75) is 6.54 Å². The summed E-state index contributed by atoms with van der Waals surface area (Å²) in [7, 11) is 0. The van der Waals surface area contributed by atoms with Gasteiger partial charge in [0.25, 0.3) is 0 Å². The highest BCUT2D eigenvalue weighted by atomic mass is 35.5. The molecule has 0 unspecified atom stereocenters. The van der Waals surface area contributed by atoms with Gasteiger partial charge in [-0.1, -0.05) is 41.1 Å². The summed E-state index contributed by atoms with van der Waals surface area (Å²) in [5.74, 6) is -1.19. The predicted molar refractivity (Wildman–Crippen MR) is 103 cm³/mol. The van der Waals surface area contributed by atoms with Gasteiger partial charge in [0.15, 0.2) is 10.3 Å². The van der Waals surface area contributed by atoms with E-state index < -0.39 is 11.8 Å². The number of furan rings is 1. The van der Waals surface area contributed by atoms with Gasteiger partial charge < -0.3 is 15.1 Å². The summed E-state index contributed by atoms with van der Waals surface area (Å²) >= 11 is 7.32. The van der Waals surface area contributed by atoms with Crippen molar-refractivity contribution in [1.82, 2.24) is 15.7 Å². The average Bonchev–Trinajstić information content (AvgIpc) is 3.30. The van der Waals surface area contributed by atoms with Gasteiger partial charge in [0.1, 0.15) is 5.76 Å². The Morgan fingerprint density at radius 3 is 2.74 bits per heavy atom. The van der Waals surface area contributed by atoms with Crippen molar-refractivity contribution >= 4 is 51.8 Å². The maximum absolute atomic E-state index is 11.7. The lowest BCUT2D eigenvalue weighted by Gasteiger charge is -2.01. The van der Waals surface area contributed by atoms with Crippen LogP contribution in [0.4, 0.5) is 10.8 Å². The number of thiazole rings is 1. The Morgan fingerprint density at radius 2 is 2.00 bits per heavy atom. The van der Waals surface area contributed by atoms with E-state index in [0.29, 0.717) is 15.8 Å². The van der Waals surface area contributed by atoms with Crippen molar-refractivity contribution in [3.8, 4) is 0 Å². The van der Waals surface area contributed by atoms with Gasteiger partial charge >= 0.3 is 11.8 Å². The van der Waals surface area contributed by atoms with E-state index >= 15 is 0 Å². The van der Waals surface area contributed by atoms with Crippen molar-refractivity contribution < 1.29 is 14.0 Å². The Morgan fingerprint density at radius 1 is 1.19 bits per heavy atom. The van der Waals surface area contributed by atoms with Crippen molar-refractivity contribution in [2.24, 2.45) is 5.10 Å². The molecule has 0 atom stereocenters. The van der Waals surface area contributed by atoms with Gasteiger partial charge in [-0.25, -0.2) is 10.4 Å². The van der Waals surface area contributed by atoms with E-state index in [0.717, 1.165) is 5.69 Å². The number of hydrogen-bond acceptors (Lipinski definition) is 7. The number of aromatic nitrogens is 1. The van der Waals surface area contributed by atoms with Crippen LogP contribution in [0.15, 0.2) is 58.2 Å². The topological polar surface area (TPSA) is 109 Å². The van der Waals surface area contributed by atoms with Crippen LogP contribution in [-0.2, 0) is 16.1 Å². The molecule has 2 heterocycles. The highest BCUT2D eigenvalue weighted by molar-refractivity contribution is 7.17. The largest absolute Gasteiger partial charge is 0.467 e. The lowest BCUT2D eigenvalue weighted by atomic mass is 10.3. The third-order valence-electron chi connectivity index (χ3n) is 3.19. The maximum Gasteiger partial charge on any atom is 0.329 e. The molecule has 2 amide bonds. The third-order valence-corrected chi connectivity index (χ3v) is 4.50. The molecule has 0 saturated carbocycles. The monoisotopic (exact) mass is 403 g/mol. The van der Waals surface area contributed by atoms with Crippen molar-refractivity contribution in [3.05, 3.63) is 64.5 Å². The van der Waals surface area contributed by atoms with Gasteiger partial charge in [0.2, 0.25) is 0 Å². The first-order valence-corrected chi connectivity index (χ1v) is 8.93. The summed E-state index contributed by atoms with van der Waals surface area (Å²) in [6, 6.07) is 12.9. The number of benzene rings is 1. The zero-order chi connectivity index (χ0) is 19.1. The smallest absolute Gasteiger partial charge is 0.329 e. The minimum Gasteiger partial charge on any atom is -0.467 e. The molecule has 1 aromatic carbocycles. The molecular weight excluding hydrogens is 390 g/mol. The molecular formula is C17H14ClN5O3S. The maximum atomic E-state index is 11.7. The molecule has 8 nitrogen and oxygen atoms in total. The fourth-order valence-electron chi connectivity index (χ4n) is 1.95. The summed E-state index contributed by atoms with van der Waals surface area (Å²) < 4.78 is 5.06.